The van der Waals surface area contributed by atoms with Gasteiger partial charge >= 0.3 is 0 Å². The van der Waals surface area contributed by atoms with Crippen molar-refractivity contribution in [1.82, 2.24) is 4.90 Å². The fourth-order valence-corrected chi connectivity index (χ4v) is 3.52. The molecule has 0 aromatic heterocycles. The van der Waals surface area contributed by atoms with Crippen LogP contribution in [-0.4, -0.2) is 23.5 Å². The molecule has 1 saturated carbocycles. The number of piperidine rings is 1. The van der Waals surface area contributed by atoms with Gasteiger partial charge in [0.15, 0.2) is 0 Å². The molecule has 2 rings (SSSR count). The van der Waals surface area contributed by atoms with Gasteiger partial charge in [-0.15, -0.1) is 0 Å². The standard InChI is InChI=1S/C14H27N/c1-12(2,3)14-7-8-15(13(4,5)6)10-11(14)9-14/h11H,7-10H2,1-6H3. The molecule has 0 spiro atoms. The fourth-order valence-electron chi connectivity index (χ4n) is 3.52. The molecule has 0 aromatic rings. The monoisotopic (exact) mass is 209 g/mol. The van der Waals surface area contributed by atoms with Crippen molar-refractivity contribution in [2.24, 2.45) is 16.7 Å². The van der Waals surface area contributed by atoms with Crippen LogP contribution in [0.5, 0.6) is 0 Å². The lowest BCUT2D eigenvalue weighted by Crippen LogP contribution is -2.48. The third-order valence-corrected chi connectivity index (χ3v) is 4.94. The minimum atomic E-state index is 0.368. The summed E-state index contributed by atoms with van der Waals surface area (Å²) in [7, 11) is 0. The summed E-state index contributed by atoms with van der Waals surface area (Å²) >= 11 is 0. The summed E-state index contributed by atoms with van der Waals surface area (Å²) in [6, 6.07) is 0. The second kappa shape index (κ2) is 3.00. The first-order valence-electron chi connectivity index (χ1n) is 6.42. The molecule has 1 aliphatic carbocycles. The van der Waals surface area contributed by atoms with Gasteiger partial charge in [0, 0.05) is 12.1 Å². The van der Waals surface area contributed by atoms with E-state index in [1.54, 1.807) is 0 Å². The van der Waals surface area contributed by atoms with E-state index in [0.29, 0.717) is 16.4 Å². The van der Waals surface area contributed by atoms with E-state index >= 15 is 0 Å². The van der Waals surface area contributed by atoms with Crippen molar-refractivity contribution in [3.63, 3.8) is 0 Å². The average molecular weight is 209 g/mol. The predicted molar refractivity (Wildman–Crippen MR) is 65.9 cm³/mol. The molecule has 0 radical (unpaired) electrons. The molecule has 1 heteroatoms. The Morgan fingerprint density at radius 3 is 2.07 bits per heavy atom. The molecule has 2 fully saturated rings. The summed E-state index contributed by atoms with van der Waals surface area (Å²) in [5, 5.41) is 0. The summed E-state index contributed by atoms with van der Waals surface area (Å²) in [5.41, 5.74) is 1.57. The van der Waals surface area contributed by atoms with Crippen LogP contribution < -0.4 is 0 Å². The van der Waals surface area contributed by atoms with Crippen LogP contribution in [0.15, 0.2) is 0 Å². The van der Waals surface area contributed by atoms with Crippen LogP contribution in [0.3, 0.4) is 0 Å². The van der Waals surface area contributed by atoms with E-state index in [4.69, 9.17) is 0 Å². The van der Waals surface area contributed by atoms with Gasteiger partial charge in [-0.3, -0.25) is 4.90 Å². The topological polar surface area (TPSA) is 3.24 Å². The van der Waals surface area contributed by atoms with Gasteiger partial charge in [0.05, 0.1) is 0 Å². The van der Waals surface area contributed by atoms with Crippen molar-refractivity contribution in [1.29, 1.82) is 0 Å². The molecule has 0 bridgehead atoms. The normalized spacial score (nSPS) is 37.6. The number of fused-ring (bicyclic) bond motifs is 1. The van der Waals surface area contributed by atoms with Crippen LogP contribution >= 0.6 is 0 Å². The molecule has 2 atom stereocenters. The van der Waals surface area contributed by atoms with Crippen LogP contribution in [0, 0.1) is 16.7 Å². The first-order valence-corrected chi connectivity index (χ1v) is 6.42. The van der Waals surface area contributed by atoms with E-state index in [0.717, 1.165) is 5.92 Å². The van der Waals surface area contributed by atoms with E-state index in [2.05, 4.69) is 46.4 Å². The van der Waals surface area contributed by atoms with Crippen molar-refractivity contribution in [3.05, 3.63) is 0 Å². The molecule has 0 N–H and O–H groups in total. The van der Waals surface area contributed by atoms with Gasteiger partial charge in [0.1, 0.15) is 0 Å². The molecular weight excluding hydrogens is 182 g/mol. The minimum Gasteiger partial charge on any atom is -0.298 e. The summed E-state index contributed by atoms with van der Waals surface area (Å²) in [6.45, 7) is 17.0. The Balaban J connectivity index is 2.04. The number of likely N-dealkylation sites (tertiary alicyclic amines) is 1. The van der Waals surface area contributed by atoms with Gasteiger partial charge in [-0.25, -0.2) is 0 Å². The Morgan fingerprint density at radius 1 is 1.07 bits per heavy atom. The van der Waals surface area contributed by atoms with Crippen LogP contribution in [0.1, 0.15) is 54.4 Å². The zero-order valence-corrected chi connectivity index (χ0v) is 11.4. The maximum absolute atomic E-state index is 2.68. The van der Waals surface area contributed by atoms with Crippen LogP contribution in [0.4, 0.5) is 0 Å². The predicted octanol–water partition coefficient (Wildman–Crippen LogP) is 3.54. The Kier molecular flexibility index (Phi) is 2.29. The van der Waals surface area contributed by atoms with Crippen molar-refractivity contribution in [2.75, 3.05) is 13.1 Å². The molecule has 2 aliphatic rings. The van der Waals surface area contributed by atoms with Gasteiger partial charge in [-0.05, 0) is 56.9 Å². The Hall–Kier alpha value is -0.0400. The van der Waals surface area contributed by atoms with Gasteiger partial charge in [-0.2, -0.15) is 0 Å². The van der Waals surface area contributed by atoms with E-state index in [9.17, 15) is 0 Å². The first kappa shape index (κ1) is 11.4. The number of nitrogens with zero attached hydrogens (tertiary/aromatic N) is 1. The lowest BCUT2D eigenvalue weighted by molar-refractivity contribution is 0.0450. The smallest absolute Gasteiger partial charge is 0.0125 e. The SMILES string of the molecule is CC(C)(C)N1CCC2(C(C)(C)C)CC2C1. The summed E-state index contributed by atoms with van der Waals surface area (Å²) in [5.74, 6) is 0.977. The molecule has 0 amide bonds. The first-order chi connectivity index (χ1) is 6.67. The lowest BCUT2D eigenvalue weighted by Gasteiger charge is -2.44. The van der Waals surface area contributed by atoms with Crippen LogP contribution in [-0.2, 0) is 0 Å². The summed E-state index contributed by atoms with van der Waals surface area (Å²) in [4.78, 5) is 2.68. The third-order valence-electron chi connectivity index (χ3n) is 4.94. The highest BCUT2D eigenvalue weighted by atomic mass is 15.2. The largest absolute Gasteiger partial charge is 0.298 e. The quantitative estimate of drug-likeness (QED) is 0.590. The van der Waals surface area contributed by atoms with Gasteiger partial charge < -0.3 is 0 Å². The second-order valence-corrected chi connectivity index (χ2v) is 7.67. The molecule has 1 saturated heterocycles. The average Bonchev–Trinajstić information content (AvgIpc) is 2.74. The molecule has 2 unspecified atom stereocenters. The number of hydrogen-bond donors (Lipinski definition) is 0. The summed E-state index contributed by atoms with van der Waals surface area (Å²) in [6.07, 6.45) is 2.89. The zero-order valence-electron chi connectivity index (χ0n) is 11.4. The Labute approximate surface area is 95.2 Å². The fraction of sp³-hybridized carbons (Fsp3) is 1.00. The highest BCUT2D eigenvalue weighted by Crippen LogP contribution is 2.67. The molecule has 88 valence electrons. The zero-order chi connectivity index (χ0) is 11.5. The molecule has 1 heterocycles. The van der Waals surface area contributed by atoms with Gasteiger partial charge in [0.2, 0.25) is 0 Å². The highest BCUT2D eigenvalue weighted by Gasteiger charge is 2.62. The van der Waals surface area contributed by atoms with E-state index < -0.39 is 0 Å². The van der Waals surface area contributed by atoms with Crippen molar-refractivity contribution < 1.29 is 0 Å². The van der Waals surface area contributed by atoms with Crippen LogP contribution in [0.25, 0.3) is 0 Å². The van der Waals surface area contributed by atoms with E-state index in [1.165, 1.54) is 25.9 Å². The molecular formula is C14H27N. The Morgan fingerprint density at radius 2 is 1.67 bits per heavy atom. The number of rotatable bonds is 0. The third kappa shape index (κ3) is 1.73. The maximum atomic E-state index is 2.68. The highest BCUT2D eigenvalue weighted by molar-refractivity contribution is 5.12. The maximum Gasteiger partial charge on any atom is 0.0125 e. The molecule has 1 nitrogen and oxygen atoms in total. The van der Waals surface area contributed by atoms with E-state index in [-0.39, 0.29) is 0 Å². The van der Waals surface area contributed by atoms with Crippen molar-refractivity contribution in [3.8, 4) is 0 Å². The minimum absolute atomic E-state index is 0.368. The van der Waals surface area contributed by atoms with Gasteiger partial charge in [-0.1, -0.05) is 20.8 Å². The lowest BCUT2D eigenvalue weighted by atomic mass is 9.72. The van der Waals surface area contributed by atoms with Crippen molar-refractivity contribution in [2.45, 2.75) is 59.9 Å². The number of hydrogen-bond acceptors (Lipinski definition) is 1. The summed E-state index contributed by atoms with van der Waals surface area (Å²) < 4.78 is 0. The van der Waals surface area contributed by atoms with E-state index in [1.807, 2.05) is 0 Å². The second-order valence-electron chi connectivity index (χ2n) is 7.67. The van der Waals surface area contributed by atoms with Gasteiger partial charge in [0.25, 0.3) is 0 Å². The molecule has 1 aliphatic heterocycles. The molecule has 15 heavy (non-hydrogen) atoms. The Bertz CT molecular complexity index is 255. The van der Waals surface area contributed by atoms with Crippen molar-refractivity contribution >= 4 is 0 Å². The van der Waals surface area contributed by atoms with Crippen LogP contribution in [0.2, 0.25) is 0 Å². The molecule has 0 aromatic carbocycles.